The predicted molar refractivity (Wildman–Crippen MR) is 127 cm³/mol. The number of para-hydroxylation sites is 1. The third-order valence-corrected chi connectivity index (χ3v) is 6.10. The smallest absolute Gasteiger partial charge is 0.233 e. The first-order valence-electron chi connectivity index (χ1n) is 9.72. The highest BCUT2D eigenvalue weighted by atomic mass is 35.5. The van der Waals surface area contributed by atoms with Gasteiger partial charge in [0.2, 0.25) is 5.91 Å². The lowest BCUT2D eigenvalue weighted by Gasteiger charge is -2.21. The van der Waals surface area contributed by atoms with Gasteiger partial charge < -0.3 is 4.90 Å². The van der Waals surface area contributed by atoms with E-state index in [4.69, 9.17) is 4.98 Å². The van der Waals surface area contributed by atoms with E-state index >= 15 is 0 Å². The number of amides is 1. The molecule has 0 aliphatic heterocycles. The SMILES string of the molecule is Cc1ccc(CC(=O)N(CCCN(C)C)c2nc3c(C)cccc3s2)cc1C.Cl. The topological polar surface area (TPSA) is 36.4 Å². The number of thiazole rings is 1. The molecule has 1 aromatic heterocycles. The molecule has 0 radical (unpaired) electrons. The number of aryl methyl sites for hydroxylation is 3. The van der Waals surface area contributed by atoms with Crippen LogP contribution in [0.4, 0.5) is 5.13 Å². The van der Waals surface area contributed by atoms with Crippen LogP contribution in [0, 0.1) is 20.8 Å². The van der Waals surface area contributed by atoms with Gasteiger partial charge in [-0.3, -0.25) is 9.69 Å². The number of fused-ring (bicyclic) bond motifs is 1. The zero-order valence-electron chi connectivity index (χ0n) is 17.9. The zero-order valence-corrected chi connectivity index (χ0v) is 19.5. The maximum atomic E-state index is 13.2. The third-order valence-electron chi connectivity index (χ3n) is 5.06. The van der Waals surface area contributed by atoms with Crippen molar-refractivity contribution in [2.75, 3.05) is 32.1 Å². The molecule has 0 atom stereocenters. The van der Waals surface area contributed by atoms with Crippen LogP contribution in [0.15, 0.2) is 36.4 Å². The Labute approximate surface area is 184 Å². The standard InChI is InChI=1S/C23H29N3OS.ClH/c1-16-10-11-19(14-18(16)3)15-21(27)26(13-7-12-25(4)5)23-24-22-17(2)8-6-9-20(22)28-23;/h6,8-11,14H,7,12-13,15H2,1-5H3;1H. The summed E-state index contributed by atoms with van der Waals surface area (Å²) in [5.41, 5.74) is 5.68. The lowest BCUT2D eigenvalue weighted by molar-refractivity contribution is -0.118. The van der Waals surface area contributed by atoms with Crippen molar-refractivity contribution in [3.63, 3.8) is 0 Å². The summed E-state index contributed by atoms with van der Waals surface area (Å²) in [4.78, 5) is 22.1. The molecule has 0 fully saturated rings. The second-order valence-electron chi connectivity index (χ2n) is 7.72. The lowest BCUT2D eigenvalue weighted by Crippen LogP contribution is -2.34. The lowest BCUT2D eigenvalue weighted by atomic mass is 10.0. The van der Waals surface area contributed by atoms with E-state index < -0.39 is 0 Å². The molecule has 1 heterocycles. The molecule has 0 saturated carbocycles. The van der Waals surface area contributed by atoms with Gasteiger partial charge in [-0.15, -0.1) is 12.4 Å². The van der Waals surface area contributed by atoms with Crippen molar-refractivity contribution >= 4 is 45.0 Å². The normalized spacial score (nSPS) is 11.0. The summed E-state index contributed by atoms with van der Waals surface area (Å²) < 4.78 is 1.13. The summed E-state index contributed by atoms with van der Waals surface area (Å²) in [7, 11) is 4.12. The second-order valence-corrected chi connectivity index (χ2v) is 8.72. The van der Waals surface area contributed by atoms with Crippen LogP contribution >= 0.6 is 23.7 Å². The monoisotopic (exact) mass is 431 g/mol. The van der Waals surface area contributed by atoms with Gasteiger partial charge >= 0.3 is 0 Å². The number of carbonyl (C=O) groups excluding carboxylic acids is 1. The molecule has 0 bridgehead atoms. The predicted octanol–water partition coefficient (Wildman–Crippen LogP) is 5.17. The molecule has 0 N–H and O–H groups in total. The number of nitrogens with zero attached hydrogens (tertiary/aromatic N) is 3. The Bertz CT molecular complexity index is 983. The van der Waals surface area contributed by atoms with Crippen molar-refractivity contribution < 1.29 is 4.79 Å². The molecule has 1 amide bonds. The van der Waals surface area contributed by atoms with E-state index in [1.165, 1.54) is 11.1 Å². The number of benzene rings is 2. The van der Waals surface area contributed by atoms with Crippen LogP contribution in [-0.4, -0.2) is 43.0 Å². The molecular formula is C23H30ClN3OS. The van der Waals surface area contributed by atoms with E-state index in [-0.39, 0.29) is 18.3 Å². The average Bonchev–Trinajstić information content (AvgIpc) is 3.07. The molecule has 6 heteroatoms. The Morgan fingerprint density at radius 3 is 2.41 bits per heavy atom. The van der Waals surface area contributed by atoms with Gasteiger partial charge in [-0.2, -0.15) is 0 Å². The fourth-order valence-corrected chi connectivity index (χ4v) is 4.33. The van der Waals surface area contributed by atoms with Gasteiger partial charge in [-0.1, -0.05) is 41.7 Å². The summed E-state index contributed by atoms with van der Waals surface area (Å²) in [6.45, 7) is 7.88. The number of aromatic nitrogens is 1. The van der Waals surface area contributed by atoms with E-state index in [1.54, 1.807) is 11.3 Å². The summed E-state index contributed by atoms with van der Waals surface area (Å²) in [6, 6.07) is 12.5. The molecule has 156 valence electrons. The summed E-state index contributed by atoms with van der Waals surface area (Å²) in [5, 5.41) is 0.803. The summed E-state index contributed by atoms with van der Waals surface area (Å²) >= 11 is 1.60. The molecule has 0 aliphatic carbocycles. The van der Waals surface area contributed by atoms with Crippen molar-refractivity contribution in [1.82, 2.24) is 9.88 Å². The first-order valence-corrected chi connectivity index (χ1v) is 10.5. The molecule has 2 aromatic carbocycles. The van der Waals surface area contributed by atoms with Gasteiger partial charge in [0.15, 0.2) is 5.13 Å². The van der Waals surface area contributed by atoms with Gasteiger partial charge in [0.1, 0.15) is 0 Å². The number of hydrogen-bond acceptors (Lipinski definition) is 4. The molecule has 0 spiro atoms. The fraction of sp³-hybridized carbons (Fsp3) is 0.391. The third kappa shape index (κ3) is 5.78. The van der Waals surface area contributed by atoms with Gasteiger partial charge in [0.05, 0.1) is 16.6 Å². The fourth-order valence-electron chi connectivity index (χ4n) is 3.25. The van der Waals surface area contributed by atoms with Crippen molar-refractivity contribution in [3.05, 3.63) is 58.7 Å². The number of halogens is 1. The quantitative estimate of drug-likeness (QED) is 0.517. The minimum Gasteiger partial charge on any atom is -0.309 e. The minimum absolute atomic E-state index is 0. The van der Waals surface area contributed by atoms with Gasteiger partial charge in [-0.05, 0) is 76.2 Å². The summed E-state index contributed by atoms with van der Waals surface area (Å²) in [5.74, 6) is 0.110. The molecule has 0 saturated heterocycles. The molecule has 0 unspecified atom stereocenters. The van der Waals surface area contributed by atoms with Crippen LogP contribution in [0.1, 0.15) is 28.7 Å². The largest absolute Gasteiger partial charge is 0.309 e. The van der Waals surface area contributed by atoms with E-state index in [0.29, 0.717) is 13.0 Å². The Balaban J connectivity index is 0.00000300. The van der Waals surface area contributed by atoms with Gasteiger partial charge in [0.25, 0.3) is 0 Å². The molecule has 4 nitrogen and oxygen atoms in total. The van der Waals surface area contributed by atoms with Crippen LogP contribution in [0.5, 0.6) is 0 Å². The number of hydrogen-bond donors (Lipinski definition) is 0. The van der Waals surface area contributed by atoms with Crippen LogP contribution < -0.4 is 4.90 Å². The number of rotatable bonds is 7. The van der Waals surface area contributed by atoms with Crippen molar-refractivity contribution in [2.24, 2.45) is 0 Å². The van der Waals surface area contributed by atoms with Crippen LogP contribution in [0.3, 0.4) is 0 Å². The maximum absolute atomic E-state index is 13.2. The van der Waals surface area contributed by atoms with Crippen LogP contribution in [0.25, 0.3) is 10.2 Å². The van der Waals surface area contributed by atoms with E-state index in [0.717, 1.165) is 39.4 Å². The van der Waals surface area contributed by atoms with Crippen molar-refractivity contribution in [2.45, 2.75) is 33.6 Å². The Hall–Kier alpha value is -1.95. The maximum Gasteiger partial charge on any atom is 0.233 e. The zero-order chi connectivity index (χ0) is 20.3. The highest BCUT2D eigenvalue weighted by molar-refractivity contribution is 7.22. The number of carbonyl (C=O) groups is 1. The van der Waals surface area contributed by atoms with Crippen LogP contribution in [0.2, 0.25) is 0 Å². The summed E-state index contributed by atoms with van der Waals surface area (Å²) in [6.07, 6.45) is 1.32. The van der Waals surface area contributed by atoms with Crippen molar-refractivity contribution in [1.29, 1.82) is 0 Å². The second kappa shape index (κ2) is 10.2. The molecule has 0 aliphatic rings. The molecule has 3 rings (SSSR count). The first kappa shape index (κ1) is 23.3. The van der Waals surface area contributed by atoms with E-state index in [2.05, 4.69) is 70.1 Å². The highest BCUT2D eigenvalue weighted by Gasteiger charge is 2.20. The van der Waals surface area contributed by atoms with Gasteiger partial charge in [0, 0.05) is 6.54 Å². The Morgan fingerprint density at radius 1 is 1.00 bits per heavy atom. The Morgan fingerprint density at radius 2 is 1.76 bits per heavy atom. The molecule has 3 aromatic rings. The molecular weight excluding hydrogens is 402 g/mol. The minimum atomic E-state index is 0. The molecule has 29 heavy (non-hydrogen) atoms. The van der Waals surface area contributed by atoms with Gasteiger partial charge in [-0.25, -0.2) is 4.98 Å². The van der Waals surface area contributed by atoms with Crippen LogP contribution in [-0.2, 0) is 11.2 Å². The average molecular weight is 432 g/mol. The highest BCUT2D eigenvalue weighted by Crippen LogP contribution is 2.31. The number of anilines is 1. The Kier molecular flexibility index (Phi) is 8.20. The van der Waals surface area contributed by atoms with Crippen molar-refractivity contribution in [3.8, 4) is 0 Å². The van der Waals surface area contributed by atoms with E-state index in [1.807, 2.05) is 11.0 Å². The first-order chi connectivity index (χ1) is 13.3. The van der Waals surface area contributed by atoms with E-state index in [9.17, 15) is 4.79 Å².